The molecule has 0 radical (unpaired) electrons. The second-order valence-corrected chi connectivity index (χ2v) is 6.46. The number of carbonyl (C=O) groups is 1. The van der Waals surface area contributed by atoms with Gasteiger partial charge in [-0.1, -0.05) is 12.1 Å². The van der Waals surface area contributed by atoms with Gasteiger partial charge in [0, 0.05) is 38.6 Å². The predicted octanol–water partition coefficient (Wildman–Crippen LogP) is 2.05. The number of hydrogen-bond donors (Lipinski definition) is 1. The topological polar surface area (TPSA) is 72.3 Å². The summed E-state index contributed by atoms with van der Waals surface area (Å²) in [7, 11) is 1.88. The molecule has 1 aliphatic heterocycles. The molecule has 26 heavy (non-hydrogen) atoms. The van der Waals surface area contributed by atoms with Crippen LogP contribution in [0.15, 0.2) is 42.9 Å². The Morgan fingerprint density at radius 2 is 1.96 bits per heavy atom. The number of aryl methyl sites for hydroxylation is 1. The van der Waals surface area contributed by atoms with E-state index in [4.69, 9.17) is 4.74 Å². The van der Waals surface area contributed by atoms with Crippen molar-refractivity contribution in [3.05, 3.63) is 54.0 Å². The highest BCUT2D eigenvalue weighted by Crippen LogP contribution is 2.15. The van der Waals surface area contributed by atoms with Gasteiger partial charge < -0.3 is 14.6 Å². The largest absolute Gasteiger partial charge is 0.379 e. The standard InChI is InChI=1S/C19H21N5O2/c1-23-13-21-17-10-15(11-20-18(17)23)19(25)22-16-4-2-14(3-5-16)12-24-6-8-26-9-7-24/h2-5,10-11,13H,6-9,12H2,1H3,(H,22,25). The highest BCUT2D eigenvalue weighted by Gasteiger charge is 2.12. The predicted molar refractivity (Wildman–Crippen MR) is 99.0 cm³/mol. The third kappa shape index (κ3) is 3.58. The van der Waals surface area contributed by atoms with E-state index in [0.717, 1.165) is 44.2 Å². The van der Waals surface area contributed by atoms with Gasteiger partial charge in [0.25, 0.3) is 5.91 Å². The lowest BCUT2D eigenvalue weighted by Crippen LogP contribution is -2.35. The number of pyridine rings is 1. The van der Waals surface area contributed by atoms with Crippen molar-refractivity contribution in [1.29, 1.82) is 0 Å². The van der Waals surface area contributed by atoms with Crippen molar-refractivity contribution >= 4 is 22.8 Å². The number of hydrogen-bond acceptors (Lipinski definition) is 5. The van der Waals surface area contributed by atoms with Gasteiger partial charge >= 0.3 is 0 Å². The van der Waals surface area contributed by atoms with Gasteiger partial charge in [-0.15, -0.1) is 0 Å². The number of imidazole rings is 1. The summed E-state index contributed by atoms with van der Waals surface area (Å²) in [6, 6.07) is 9.71. The summed E-state index contributed by atoms with van der Waals surface area (Å²) in [5.74, 6) is -0.189. The molecular formula is C19H21N5O2. The maximum absolute atomic E-state index is 12.5. The molecule has 4 rings (SSSR count). The van der Waals surface area contributed by atoms with Gasteiger partial charge in [-0.25, -0.2) is 9.97 Å². The number of aromatic nitrogens is 3. The Hall–Kier alpha value is -2.77. The first kappa shape index (κ1) is 16.7. The minimum atomic E-state index is -0.189. The molecule has 0 saturated carbocycles. The average Bonchev–Trinajstić information content (AvgIpc) is 3.04. The summed E-state index contributed by atoms with van der Waals surface area (Å²) in [4.78, 5) is 23.4. The molecule has 0 bridgehead atoms. The van der Waals surface area contributed by atoms with Crippen LogP contribution in [-0.2, 0) is 18.3 Å². The minimum absolute atomic E-state index is 0.189. The number of fused-ring (bicyclic) bond motifs is 1. The number of anilines is 1. The van der Waals surface area contributed by atoms with E-state index in [2.05, 4.69) is 20.2 Å². The quantitative estimate of drug-likeness (QED) is 0.779. The van der Waals surface area contributed by atoms with E-state index < -0.39 is 0 Å². The smallest absolute Gasteiger partial charge is 0.257 e. The minimum Gasteiger partial charge on any atom is -0.379 e. The Balaban J connectivity index is 1.41. The van der Waals surface area contributed by atoms with Crippen LogP contribution in [0, 0.1) is 0 Å². The molecule has 0 aliphatic carbocycles. The fraction of sp³-hybridized carbons (Fsp3) is 0.316. The van der Waals surface area contributed by atoms with Crippen molar-refractivity contribution in [3.63, 3.8) is 0 Å². The molecule has 0 unspecified atom stereocenters. The van der Waals surface area contributed by atoms with Crippen LogP contribution in [0.3, 0.4) is 0 Å². The molecule has 1 amide bonds. The molecule has 0 spiro atoms. The van der Waals surface area contributed by atoms with E-state index in [1.54, 1.807) is 18.6 Å². The lowest BCUT2D eigenvalue weighted by atomic mass is 10.1. The summed E-state index contributed by atoms with van der Waals surface area (Å²) < 4.78 is 7.19. The van der Waals surface area contributed by atoms with Crippen LogP contribution < -0.4 is 5.32 Å². The third-order valence-electron chi connectivity index (χ3n) is 4.54. The molecule has 1 aliphatic rings. The highest BCUT2D eigenvalue weighted by molar-refractivity contribution is 6.05. The van der Waals surface area contributed by atoms with Crippen LogP contribution in [0.4, 0.5) is 5.69 Å². The van der Waals surface area contributed by atoms with Crippen molar-refractivity contribution in [1.82, 2.24) is 19.4 Å². The lowest BCUT2D eigenvalue weighted by Gasteiger charge is -2.26. The molecule has 2 aromatic heterocycles. The lowest BCUT2D eigenvalue weighted by molar-refractivity contribution is 0.0342. The van der Waals surface area contributed by atoms with Gasteiger partial charge in [0.2, 0.25) is 0 Å². The number of amides is 1. The van der Waals surface area contributed by atoms with Crippen molar-refractivity contribution in [2.45, 2.75) is 6.54 Å². The fourth-order valence-electron chi connectivity index (χ4n) is 3.05. The molecule has 1 fully saturated rings. The van der Waals surface area contributed by atoms with Crippen molar-refractivity contribution in [3.8, 4) is 0 Å². The van der Waals surface area contributed by atoms with Gasteiger partial charge in [0.1, 0.15) is 5.52 Å². The summed E-state index contributed by atoms with van der Waals surface area (Å²) in [6.45, 7) is 4.41. The molecule has 134 valence electrons. The average molecular weight is 351 g/mol. The molecule has 3 heterocycles. The first-order chi connectivity index (χ1) is 12.7. The van der Waals surface area contributed by atoms with Crippen LogP contribution in [0.5, 0.6) is 0 Å². The number of nitrogens with zero attached hydrogens (tertiary/aromatic N) is 4. The summed E-state index contributed by atoms with van der Waals surface area (Å²) in [5, 5.41) is 2.91. The van der Waals surface area contributed by atoms with Crippen LogP contribution in [0.2, 0.25) is 0 Å². The van der Waals surface area contributed by atoms with Crippen molar-refractivity contribution in [2.24, 2.45) is 7.05 Å². The number of morpholine rings is 1. The number of ether oxygens (including phenoxy) is 1. The third-order valence-corrected chi connectivity index (χ3v) is 4.54. The Morgan fingerprint density at radius 1 is 1.19 bits per heavy atom. The monoisotopic (exact) mass is 351 g/mol. The zero-order valence-electron chi connectivity index (χ0n) is 14.7. The van der Waals surface area contributed by atoms with Crippen LogP contribution in [0.25, 0.3) is 11.2 Å². The van der Waals surface area contributed by atoms with Crippen LogP contribution in [-0.4, -0.2) is 51.6 Å². The first-order valence-electron chi connectivity index (χ1n) is 8.66. The van der Waals surface area contributed by atoms with Crippen molar-refractivity contribution < 1.29 is 9.53 Å². The van der Waals surface area contributed by atoms with Crippen LogP contribution in [0.1, 0.15) is 15.9 Å². The zero-order chi connectivity index (χ0) is 17.9. The Bertz CT molecular complexity index is 913. The van der Waals surface area contributed by atoms with Crippen molar-refractivity contribution in [2.75, 3.05) is 31.6 Å². The van der Waals surface area contributed by atoms with E-state index in [1.165, 1.54) is 5.56 Å². The maximum Gasteiger partial charge on any atom is 0.257 e. The number of rotatable bonds is 4. The summed E-state index contributed by atoms with van der Waals surface area (Å²) >= 11 is 0. The van der Waals surface area contributed by atoms with Gasteiger partial charge in [0.05, 0.1) is 25.1 Å². The van der Waals surface area contributed by atoms with E-state index in [-0.39, 0.29) is 5.91 Å². The Labute approximate surface area is 151 Å². The summed E-state index contributed by atoms with van der Waals surface area (Å²) in [5.41, 5.74) is 3.95. The van der Waals surface area contributed by atoms with E-state index in [0.29, 0.717) is 11.1 Å². The molecule has 7 heteroatoms. The zero-order valence-corrected chi connectivity index (χ0v) is 14.7. The summed E-state index contributed by atoms with van der Waals surface area (Å²) in [6.07, 6.45) is 3.26. The first-order valence-corrected chi connectivity index (χ1v) is 8.66. The Kier molecular flexibility index (Phi) is 4.64. The molecule has 1 saturated heterocycles. The van der Waals surface area contributed by atoms with Gasteiger partial charge in [-0.05, 0) is 23.8 Å². The van der Waals surface area contributed by atoms with E-state index >= 15 is 0 Å². The molecule has 1 aromatic carbocycles. The number of nitrogens with one attached hydrogen (secondary N) is 1. The van der Waals surface area contributed by atoms with E-state index in [1.807, 2.05) is 35.9 Å². The molecule has 0 atom stereocenters. The van der Waals surface area contributed by atoms with E-state index in [9.17, 15) is 4.79 Å². The normalized spacial score (nSPS) is 15.3. The maximum atomic E-state index is 12.5. The second-order valence-electron chi connectivity index (χ2n) is 6.46. The highest BCUT2D eigenvalue weighted by atomic mass is 16.5. The van der Waals surface area contributed by atoms with Crippen LogP contribution >= 0.6 is 0 Å². The van der Waals surface area contributed by atoms with Gasteiger partial charge in [-0.3, -0.25) is 9.69 Å². The SMILES string of the molecule is Cn1cnc2cc(C(=O)Nc3ccc(CN4CCOCC4)cc3)cnc21. The second kappa shape index (κ2) is 7.23. The molecular weight excluding hydrogens is 330 g/mol. The molecule has 1 N–H and O–H groups in total. The Morgan fingerprint density at radius 3 is 2.73 bits per heavy atom. The fourth-order valence-corrected chi connectivity index (χ4v) is 3.05. The molecule has 7 nitrogen and oxygen atoms in total. The van der Waals surface area contributed by atoms with Gasteiger partial charge in [-0.2, -0.15) is 0 Å². The van der Waals surface area contributed by atoms with Gasteiger partial charge in [0.15, 0.2) is 5.65 Å². The number of carbonyl (C=O) groups excluding carboxylic acids is 1. The molecule has 3 aromatic rings. The number of benzene rings is 1.